The molecule has 0 N–H and O–H groups in total. The highest BCUT2D eigenvalue weighted by molar-refractivity contribution is 5.89. The van der Waals surface area contributed by atoms with Crippen molar-refractivity contribution in [2.45, 2.75) is 64.7 Å². The smallest absolute Gasteiger partial charge is 0.139 e. The quantitative estimate of drug-likeness (QED) is 0.613. The molecule has 1 aliphatic rings. The molecule has 3 heteroatoms. The van der Waals surface area contributed by atoms with Crippen molar-refractivity contribution in [2.24, 2.45) is 11.8 Å². The molecule has 1 aliphatic carbocycles. The number of hydrogen-bond donors (Lipinski definition) is 0. The Hall–Kier alpha value is -1.64. The van der Waals surface area contributed by atoms with Crippen LogP contribution >= 0.6 is 0 Å². The molecule has 0 unspecified atom stereocenters. The molecule has 1 aromatic carbocycles. The van der Waals surface area contributed by atoms with Crippen molar-refractivity contribution in [2.75, 3.05) is 19.0 Å². The van der Waals surface area contributed by atoms with Crippen LogP contribution in [0.4, 0.5) is 5.82 Å². The van der Waals surface area contributed by atoms with E-state index in [0.717, 1.165) is 40.8 Å². The van der Waals surface area contributed by atoms with Crippen LogP contribution < -0.4 is 4.90 Å². The lowest BCUT2D eigenvalue weighted by molar-refractivity contribution is 0.254. The van der Waals surface area contributed by atoms with E-state index in [2.05, 4.69) is 50.2 Å². The van der Waals surface area contributed by atoms with Crippen molar-refractivity contribution in [3.63, 3.8) is 0 Å². The topological polar surface area (TPSA) is 29.0 Å². The fourth-order valence-electron chi connectivity index (χ4n) is 4.20. The molecular formula is C22H33N3. The monoisotopic (exact) mass is 339 g/mol. The molecule has 0 bridgehead atoms. The maximum Gasteiger partial charge on any atom is 0.139 e. The van der Waals surface area contributed by atoms with Crippen molar-refractivity contribution in [1.29, 1.82) is 0 Å². The first-order valence-corrected chi connectivity index (χ1v) is 10.1. The Morgan fingerprint density at radius 2 is 1.68 bits per heavy atom. The Bertz CT molecular complexity index is 672. The molecule has 3 nitrogen and oxygen atoms in total. The van der Waals surface area contributed by atoms with Crippen LogP contribution in [0.5, 0.6) is 0 Å². The number of aromatic nitrogens is 2. The number of hydrogen-bond acceptors (Lipinski definition) is 3. The summed E-state index contributed by atoms with van der Waals surface area (Å²) in [7, 11) is 4.12. The lowest BCUT2D eigenvalue weighted by Crippen LogP contribution is -2.14. The van der Waals surface area contributed by atoms with Gasteiger partial charge in [-0.3, -0.25) is 0 Å². The maximum absolute atomic E-state index is 4.82. The lowest BCUT2D eigenvalue weighted by Gasteiger charge is -2.27. The minimum atomic E-state index is 0.970. The largest absolute Gasteiger partial charge is 0.362 e. The van der Waals surface area contributed by atoms with Crippen molar-refractivity contribution in [3.05, 3.63) is 30.1 Å². The van der Waals surface area contributed by atoms with Crippen molar-refractivity contribution >= 4 is 16.7 Å². The number of unbranched alkanes of at least 4 members (excludes halogenated alkanes) is 1. The highest BCUT2D eigenvalue weighted by Gasteiger charge is 2.19. The third-order valence-corrected chi connectivity index (χ3v) is 5.86. The van der Waals surface area contributed by atoms with Gasteiger partial charge in [-0.2, -0.15) is 0 Å². The molecule has 0 spiro atoms. The average Bonchev–Trinajstić information content (AvgIpc) is 2.65. The second-order valence-corrected chi connectivity index (χ2v) is 7.92. The number of para-hydroxylation sites is 1. The number of aryl methyl sites for hydroxylation is 1. The average molecular weight is 340 g/mol. The summed E-state index contributed by atoms with van der Waals surface area (Å²) in [4.78, 5) is 11.7. The molecule has 1 saturated carbocycles. The zero-order valence-corrected chi connectivity index (χ0v) is 16.2. The van der Waals surface area contributed by atoms with Gasteiger partial charge in [-0.25, -0.2) is 9.97 Å². The molecule has 136 valence electrons. The van der Waals surface area contributed by atoms with E-state index in [-0.39, 0.29) is 0 Å². The molecule has 0 saturated heterocycles. The van der Waals surface area contributed by atoms with Gasteiger partial charge in [0.05, 0.1) is 5.52 Å². The number of anilines is 1. The van der Waals surface area contributed by atoms with Crippen molar-refractivity contribution in [1.82, 2.24) is 9.97 Å². The molecule has 0 aliphatic heterocycles. The molecule has 2 aromatic rings. The molecular weight excluding hydrogens is 306 g/mol. The van der Waals surface area contributed by atoms with Crippen LogP contribution in [0.25, 0.3) is 10.9 Å². The highest BCUT2D eigenvalue weighted by Crippen LogP contribution is 2.33. The van der Waals surface area contributed by atoms with Gasteiger partial charge in [0.1, 0.15) is 11.6 Å². The minimum absolute atomic E-state index is 0.970. The van der Waals surface area contributed by atoms with E-state index in [0.29, 0.717) is 0 Å². The maximum atomic E-state index is 4.82. The molecule has 0 radical (unpaired) electrons. The molecule has 1 aromatic heterocycles. The number of fused-ring (bicyclic) bond motifs is 1. The summed E-state index contributed by atoms with van der Waals surface area (Å²) in [6.45, 7) is 2.34. The predicted molar refractivity (Wildman–Crippen MR) is 107 cm³/mol. The van der Waals surface area contributed by atoms with Crippen LogP contribution in [0.2, 0.25) is 0 Å². The fraction of sp³-hybridized carbons (Fsp3) is 0.636. The summed E-state index contributed by atoms with van der Waals surface area (Å²) in [6.07, 6.45) is 12.1. The van der Waals surface area contributed by atoms with Gasteiger partial charge in [0.25, 0.3) is 0 Å². The van der Waals surface area contributed by atoms with E-state index < -0.39 is 0 Å². The normalized spacial score (nSPS) is 20.8. The Balaban J connectivity index is 1.53. The van der Waals surface area contributed by atoms with E-state index in [1.54, 1.807) is 0 Å². The zero-order valence-electron chi connectivity index (χ0n) is 16.2. The van der Waals surface area contributed by atoms with Gasteiger partial charge in [-0.1, -0.05) is 64.0 Å². The Labute approximate surface area is 152 Å². The molecule has 25 heavy (non-hydrogen) atoms. The van der Waals surface area contributed by atoms with E-state index in [4.69, 9.17) is 9.97 Å². The zero-order chi connectivity index (χ0) is 17.6. The summed E-state index contributed by atoms with van der Waals surface area (Å²) in [5, 5.41) is 1.14. The first kappa shape index (κ1) is 18.2. The number of benzene rings is 1. The van der Waals surface area contributed by atoms with Gasteiger partial charge in [0, 0.05) is 25.9 Å². The summed E-state index contributed by atoms with van der Waals surface area (Å²) in [5.41, 5.74) is 1.06. The van der Waals surface area contributed by atoms with Gasteiger partial charge in [-0.05, 0) is 30.4 Å². The third-order valence-electron chi connectivity index (χ3n) is 5.86. The number of nitrogens with zero attached hydrogens (tertiary/aromatic N) is 3. The van der Waals surface area contributed by atoms with Gasteiger partial charge < -0.3 is 4.90 Å². The standard InChI is InChI=1S/C22H33N3/c1-4-17-13-15-18(16-14-17)9-5-8-12-21-23-20-11-7-6-10-19(20)22(24-21)25(2)3/h6-7,10-11,17-18H,4-5,8-9,12-16H2,1-3H3. The van der Waals surface area contributed by atoms with Gasteiger partial charge in [-0.15, -0.1) is 0 Å². The highest BCUT2D eigenvalue weighted by atomic mass is 15.1. The Kier molecular flexibility index (Phi) is 6.28. The van der Waals surface area contributed by atoms with E-state index in [9.17, 15) is 0 Å². The van der Waals surface area contributed by atoms with Crippen molar-refractivity contribution < 1.29 is 0 Å². The van der Waals surface area contributed by atoms with Crippen LogP contribution in [0.1, 0.15) is 64.1 Å². The van der Waals surface area contributed by atoms with Gasteiger partial charge >= 0.3 is 0 Å². The van der Waals surface area contributed by atoms with Crippen LogP contribution in [0.3, 0.4) is 0 Å². The van der Waals surface area contributed by atoms with Crippen LogP contribution in [-0.2, 0) is 6.42 Å². The Morgan fingerprint density at radius 1 is 0.960 bits per heavy atom. The molecule has 1 fully saturated rings. The summed E-state index contributed by atoms with van der Waals surface area (Å²) in [5.74, 6) is 4.01. The Morgan fingerprint density at radius 3 is 2.40 bits per heavy atom. The van der Waals surface area contributed by atoms with E-state index in [1.807, 2.05) is 0 Å². The SMILES string of the molecule is CCC1CCC(CCCCc2nc(N(C)C)c3ccccc3n2)CC1. The second kappa shape index (κ2) is 8.64. The summed E-state index contributed by atoms with van der Waals surface area (Å²) < 4.78 is 0. The van der Waals surface area contributed by atoms with Crippen LogP contribution in [-0.4, -0.2) is 24.1 Å². The summed E-state index contributed by atoms with van der Waals surface area (Å²) in [6, 6.07) is 8.33. The predicted octanol–water partition coefficient (Wildman–Crippen LogP) is 5.63. The first-order valence-electron chi connectivity index (χ1n) is 10.1. The van der Waals surface area contributed by atoms with E-state index >= 15 is 0 Å². The molecule has 1 heterocycles. The van der Waals surface area contributed by atoms with E-state index in [1.165, 1.54) is 51.4 Å². The third kappa shape index (κ3) is 4.71. The first-order chi connectivity index (χ1) is 12.2. The van der Waals surface area contributed by atoms with Crippen LogP contribution in [0.15, 0.2) is 24.3 Å². The van der Waals surface area contributed by atoms with Gasteiger partial charge in [0.15, 0.2) is 0 Å². The lowest BCUT2D eigenvalue weighted by atomic mass is 9.79. The van der Waals surface area contributed by atoms with Crippen molar-refractivity contribution in [3.8, 4) is 0 Å². The van der Waals surface area contributed by atoms with Gasteiger partial charge in [0.2, 0.25) is 0 Å². The fourth-order valence-corrected chi connectivity index (χ4v) is 4.20. The molecule has 3 rings (SSSR count). The second-order valence-electron chi connectivity index (χ2n) is 7.92. The molecule has 0 atom stereocenters. The molecule has 0 amide bonds. The number of rotatable bonds is 7. The van der Waals surface area contributed by atoms with Crippen LogP contribution in [0, 0.1) is 11.8 Å². The summed E-state index contributed by atoms with van der Waals surface area (Å²) >= 11 is 0. The minimum Gasteiger partial charge on any atom is -0.362 e.